The Kier molecular flexibility index (Phi) is 3.34. The van der Waals surface area contributed by atoms with Gasteiger partial charge in [0.1, 0.15) is 11.9 Å². The second kappa shape index (κ2) is 4.83. The van der Waals surface area contributed by atoms with Gasteiger partial charge in [-0.05, 0) is 31.9 Å². The van der Waals surface area contributed by atoms with Crippen LogP contribution in [0.2, 0.25) is 0 Å². The number of benzene rings is 1. The van der Waals surface area contributed by atoms with Crippen LogP contribution in [-0.2, 0) is 4.74 Å². The first kappa shape index (κ1) is 12.5. The molecule has 4 atom stereocenters. The van der Waals surface area contributed by atoms with Gasteiger partial charge in [0.05, 0.1) is 18.3 Å². The van der Waals surface area contributed by atoms with Gasteiger partial charge in [0.2, 0.25) is 0 Å². The van der Waals surface area contributed by atoms with Crippen molar-refractivity contribution < 1.29 is 14.6 Å². The van der Waals surface area contributed by atoms with Crippen LogP contribution in [0, 0.1) is 0 Å². The lowest BCUT2D eigenvalue weighted by molar-refractivity contribution is -0.0465. The van der Waals surface area contributed by atoms with Crippen molar-refractivity contribution >= 4 is 15.9 Å². The van der Waals surface area contributed by atoms with Gasteiger partial charge in [0.25, 0.3) is 0 Å². The summed E-state index contributed by atoms with van der Waals surface area (Å²) in [4.78, 5) is 0. The zero-order valence-electron chi connectivity index (χ0n) is 10.3. The Labute approximate surface area is 115 Å². The summed E-state index contributed by atoms with van der Waals surface area (Å²) in [5, 5.41) is 10.2. The molecule has 0 spiro atoms. The zero-order valence-corrected chi connectivity index (χ0v) is 11.9. The van der Waals surface area contributed by atoms with Crippen molar-refractivity contribution in [1.29, 1.82) is 0 Å². The molecule has 2 aliphatic rings. The first-order valence-corrected chi connectivity index (χ1v) is 7.22. The van der Waals surface area contributed by atoms with Crippen molar-refractivity contribution in [2.24, 2.45) is 0 Å². The van der Waals surface area contributed by atoms with Gasteiger partial charge < -0.3 is 14.6 Å². The average molecular weight is 313 g/mol. The molecule has 0 amide bonds. The van der Waals surface area contributed by atoms with Crippen LogP contribution in [0.3, 0.4) is 0 Å². The Hall–Kier alpha value is -0.580. The van der Waals surface area contributed by atoms with Crippen LogP contribution in [0.5, 0.6) is 5.75 Å². The van der Waals surface area contributed by atoms with Crippen LogP contribution in [-0.4, -0.2) is 23.4 Å². The zero-order chi connectivity index (χ0) is 12.7. The molecule has 0 radical (unpaired) electrons. The maximum atomic E-state index is 10.2. The first-order valence-electron chi connectivity index (χ1n) is 6.43. The number of hydrogen-bond acceptors (Lipinski definition) is 3. The number of ether oxygens (including phenoxy) is 2. The number of fused-ring (bicyclic) bond motifs is 1. The highest BCUT2D eigenvalue weighted by molar-refractivity contribution is 9.10. The quantitative estimate of drug-likeness (QED) is 0.865. The average Bonchev–Trinajstić information content (AvgIpc) is 2.75. The highest BCUT2D eigenvalue weighted by atomic mass is 79.9. The Morgan fingerprint density at radius 2 is 2.11 bits per heavy atom. The molecule has 1 aromatic carbocycles. The summed E-state index contributed by atoms with van der Waals surface area (Å²) in [7, 11) is 0. The summed E-state index contributed by atoms with van der Waals surface area (Å²) in [6.07, 6.45) is 2.64. The Morgan fingerprint density at radius 3 is 2.83 bits per heavy atom. The molecule has 18 heavy (non-hydrogen) atoms. The van der Waals surface area contributed by atoms with Crippen molar-refractivity contribution in [1.82, 2.24) is 0 Å². The molecule has 3 nitrogen and oxygen atoms in total. The molecule has 1 saturated heterocycles. The third kappa shape index (κ3) is 2.29. The lowest BCUT2D eigenvalue weighted by Gasteiger charge is -2.33. The van der Waals surface area contributed by atoms with E-state index >= 15 is 0 Å². The Balaban J connectivity index is 1.82. The minimum Gasteiger partial charge on any atom is -0.487 e. The molecule has 2 aliphatic heterocycles. The summed E-state index contributed by atoms with van der Waals surface area (Å²) < 4.78 is 12.8. The van der Waals surface area contributed by atoms with Crippen molar-refractivity contribution in [3.8, 4) is 5.75 Å². The molecule has 0 aliphatic carbocycles. The Morgan fingerprint density at radius 1 is 1.28 bits per heavy atom. The fourth-order valence-corrected chi connectivity index (χ4v) is 3.12. The number of rotatable bonds is 1. The van der Waals surface area contributed by atoms with Crippen LogP contribution in [0.25, 0.3) is 0 Å². The van der Waals surface area contributed by atoms with Crippen molar-refractivity contribution in [3.05, 3.63) is 28.2 Å². The van der Waals surface area contributed by atoms with Crippen LogP contribution < -0.4 is 4.74 Å². The fourth-order valence-electron chi connectivity index (χ4n) is 2.78. The molecular formula is C14H17BrO3. The normalized spacial score (nSPS) is 35.1. The maximum Gasteiger partial charge on any atom is 0.128 e. The SMILES string of the molecule is CC1CCC(C2CC(O)c3ccc(Br)cc3O2)O1. The van der Waals surface area contributed by atoms with E-state index in [9.17, 15) is 5.11 Å². The highest BCUT2D eigenvalue weighted by Crippen LogP contribution is 2.39. The largest absolute Gasteiger partial charge is 0.487 e. The monoisotopic (exact) mass is 312 g/mol. The minimum absolute atomic E-state index is 0.0354. The van der Waals surface area contributed by atoms with Gasteiger partial charge in [0.15, 0.2) is 0 Å². The van der Waals surface area contributed by atoms with E-state index in [4.69, 9.17) is 9.47 Å². The smallest absolute Gasteiger partial charge is 0.128 e. The van der Waals surface area contributed by atoms with Gasteiger partial charge in [-0.2, -0.15) is 0 Å². The molecule has 0 bridgehead atoms. The van der Waals surface area contributed by atoms with Gasteiger partial charge in [-0.25, -0.2) is 0 Å². The molecular weight excluding hydrogens is 296 g/mol. The number of aliphatic hydroxyl groups excluding tert-OH is 1. The molecule has 3 rings (SSSR count). The van der Waals surface area contributed by atoms with E-state index in [0.717, 1.165) is 28.6 Å². The van der Waals surface area contributed by atoms with Gasteiger partial charge in [-0.1, -0.05) is 22.0 Å². The van der Waals surface area contributed by atoms with E-state index < -0.39 is 6.10 Å². The van der Waals surface area contributed by atoms with Gasteiger partial charge in [-0.15, -0.1) is 0 Å². The summed E-state index contributed by atoms with van der Waals surface area (Å²) in [5.41, 5.74) is 0.875. The second-order valence-corrected chi connectivity index (χ2v) is 6.07. The van der Waals surface area contributed by atoms with Crippen molar-refractivity contribution in [3.63, 3.8) is 0 Å². The van der Waals surface area contributed by atoms with E-state index in [1.165, 1.54) is 0 Å². The van der Waals surface area contributed by atoms with Gasteiger partial charge >= 0.3 is 0 Å². The van der Waals surface area contributed by atoms with E-state index in [1.54, 1.807) is 0 Å². The highest BCUT2D eigenvalue weighted by Gasteiger charge is 2.36. The predicted octanol–water partition coefficient (Wildman–Crippen LogP) is 3.20. The van der Waals surface area contributed by atoms with Crippen molar-refractivity contribution in [2.75, 3.05) is 0 Å². The summed E-state index contributed by atoms with van der Waals surface area (Å²) in [6.45, 7) is 2.09. The minimum atomic E-state index is -0.452. The lowest BCUT2D eigenvalue weighted by atomic mass is 9.95. The van der Waals surface area contributed by atoms with E-state index in [-0.39, 0.29) is 12.2 Å². The van der Waals surface area contributed by atoms with E-state index in [2.05, 4.69) is 22.9 Å². The molecule has 98 valence electrons. The first-order chi connectivity index (χ1) is 8.63. The molecule has 1 aromatic rings. The standard InChI is InChI=1S/C14H17BrO3/c1-8-2-5-12(17-8)14-7-11(16)10-4-3-9(15)6-13(10)18-14/h3-4,6,8,11-12,14,16H,2,5,7H2,1H3. The van der Waals surface area contributed by atoms with E-state index in [1.807, 2.05) is 18.2 Å². The van der Waals surface area contributed by atoms with Crippen LogP contribution >= 0.6 is 15.9 Å². The van der Waals surface area contributed by atoms with Crippen LogP contribution in [0.15, 0.2) is 22.7 Å². The van der Waals surface area contributed by atoms with Crippen molar-refractivity contribution in [2.45, 2.75) is 50.6 Å². The molecule has 4 unspecified atom stereocenters. The second-order valence-electron chi connectivity index (χ2n) is 5.15. The third-order valence-corrected chi connectivity index (χ3v) is 4.24. The summed E-state index contributed by atoms with van der Waals surface area (Å²) >= 11 is 3.43. The lowest BCUT2D eigenvalue weighted by Crippen LogP contribution is -2.36. The molecule has 0 aromatic heterocycles. The fraction of sp³-hybridized carbons (Fsp3) is 0.571. The topological polar surface area (TPSA) is 38.7 Å². The molecule has 1 fully saturated rings. The van der Waals surface area contributed by atoms with Crippen LogP contribution in [0.4, 0.5) is 0 Å². The number of halogens is 1. The van der Waals surface area contributed by atoms with Gasteiger partial charge in [0, 0.05) is 16.5 Å². The van der Waals surface area contributed by atoms with E-state index in [0.29, 0.717) is 12.5 Å². The van der Waals surface area contributed by atoms with Gasteiger partial charge in [-0.3, -0.25) is 0 Å². The number of hydrogen-bond donors (Lipinski definition) is 1. The summed E-state index contributed by atoms with van der Waals surface area (Å²) in [6, 6.07) is 5.77. The van der Waals surface area contributed by atoms with Crippen LogP contribution in [0.1, 0.15) is 37.9 Å². The molecule has 1 N–H and O–H groups in total. The number of aliphatic hydroxyl groups is 1. The molecule has 4 heteroatoms. The summed E-state index contributed by atoms with van der Waals surface area (Å²) in [5.74, 6) is 0.774. The molecule has 0 saturated carbocycles. The third-order valence-electron chi connectivity index (χ3n) is 3.75. The predicted molar refractivity (Wildman–Crippen MR) is 71.7 cm³/mol. The Bertz CT molecular complexity index is 449. The maximum absolute atomic E-state index is 10.2. The molecule has 2 heterocycles.